The van der Waals surface area contributed by atoms with E-state index < -0.39 is 0 Å². The van der Waals surface area contributed by atoms with Gasteiger partial charge in [-0.25, -0.2) is 14.4 Å². The summed E-state index contributed by atoms with van der Waals surface area (Å²) >= 11 is 0. The zero-order valence-corrected chi connectivity index (χ0v) is 10.9. The van der Waals surface area contributed by atoms with E-state index in [4.69, 9.17) is 0 Å². The molecule has 96 valence electrons. The molecule has 0 aliphatic heterocycles. The lowest BCUT2D eigenvalue weighted by atomic mass is 10.2. The van der Waals surface area contributed by atoms with Crippen LogP contribution in [-0.4, -0.2) is 21.1 Å². The van der Waals surface area contributed by atoms with E-state index in [0.29, 0.717) is 6.54 Å². The summed E-state index contributed by atoms with van der Waals surface area (Å²) in [5, 5.41) is 3.19. The largest absolute Gasteiger partial charge is 0.313 e. The Bertz CT molecular complexity index is 548. The lowest BCUT2D eigenvalue weighted by Gasteiger charge is -2.11. The highest BCUT2D eigenvalue weighted by Gasteiger charge is 2.11. The van der Waals surface area contributed by atoms with E-state index in [2.05, 4.69) is 15.3 Å². The molecule has 0 atom stereocenters. The standard InChI is InChI=1S/C13H17FN4/c1-4-15-6-11-5-12(14)7-16-13(11)18-8-17-9(2)10(18)3/h5,7-8,15H,4,6H2,1-3H3. The molecule has 0 fully saturated rings. The van der Waals surface area contributed by atoms with Gasteiger partial charge in [-0.3, -0.25) is 4.57 Å². The van der Waals surface area contributed by atoms with Crippen LogP contribution in [0.2, 0.25) is 0 Å². The molecule has 4 nitrogen and oxygen atoms in total. The zero-order valence-electron chi connectivity index (χ0n) is 10.9. The summed E-state index contributed by atoms with van der Waals surface area (Å²) in [6.07, 6.45) is 2.96. The van der Waals surface area contributed by atoms with Crippen molar-refractivity contribution in [2.75, 3.05) is 6.54 Å². The van der Waals surface area contributed by atoms with Crippen molar-refractivity contribution in [3.63, 3.8) is 0 Å². The van der Waals surface area contributed by atoms with Gasteiger partial charge in [0.2, 0.25) is 0 Å². The molecule has 0 saturated carbocycles. The number of aromatic nitrogens is 3. The summed E-state index contributed by atoms with van der Waals surface area (Å²) in [5.41, 5.74) is 2.81. The van der Waals surface area contributed by atoms with Crippen LogP contribution >= 0.6 is 0 Å². The van der Waals surface area contributed by atoms with Gasteiger partial charge < -0.3 is 5.32 Å². The Balaban J connectivity index is 2.46. The summed E-state index contributed by atoms with van der Waals surface area (Å²) in [6.45, 7) is 7.36. The number of aryl methyl sites for hydroxylation is 1. The average molecular weight is 248 g/mol. The maximum atomic E-state index is 13.3. The van der Waals surface area contributed by atoms with Crippen LogP contribution in [0.1, 0.15) is 23.9 Å². The third kappa shape index (κ3) is 2.41. The van der Waals surface area contributed by atoms with E-state index in [-0.39, 0.29) is 5.82 Å². The van der Waals surface area contributed by atoms with Crippen LogP contribution < -0.4 is 5.32 Å². The predicted octanol–water partition coefficient (Wildman–Crippen LogP) is 2.13. The number of halogens is 1. The highest BCUT2D eigenvalue weighted by Crippen LogP contribution is 2.16. The molecule has 0 aliphatic rings. The smallest absolute Gasteiger partial charge is 0.142 e. The molecule has 0 amide bonds. The normalized spacial score (nSPS) is 10.9. The molecule has 0 aromatic carbocycles. The Hall–Kier alpha value is -1.75. The van der Waals surface area contributed by atoms with E-state index in [0.717, 1.165) is 29.3 Å². The van der Waals surface area contributed by atoms with Gasteiger partial charge in [-0.05, 0) is 26.5 Å². The molecule has 5 heteroatoms. The second-order valence-corrected chi connectivity index (χ2v) is 4.20. The molecule has 0 aliphatic carbocycles. The fraction of sp³-hybridized carbons (Fsp3) is 0.385. The highest BCUT2D eigenvalue weighted by molar-refractivity contribution is 5.36. The molecular formula is C13H17FN4. The molecule has 2 rings (SSSR count). The first-order chi connectivity index (χ1) is 8.63. The van der Waals surface area contributed by atoms with E-state index in [1.54, 1.807) is 6.33 Å². The molecule has 0 unspecified atom stereocenters. The number of nitrogens with one attached hydrogen (secondary N) is 1. The number of imidazole rings is 1. The number of nitrogens with zero attached hydrogens (tertiary/aromatic N) is 3. The van der Waals surface area contributed by atoms with Crippen molar-refractivity contribution < 1.29 is 4.39 Å². The van der Waals surface area contributed by atoms with Crippen molar-refractivity contribution in [3.05, 3.63) is 41.4 Å². The van der Waals surface area contributed by atoms with Gasteiger partial charge in [-0.2, -0.15) is 0 Å². The summed E-state index contributed by atoms with van der Waals surface area (Å²) in [5.74, 6) is 0.414. The fourth-order valence-corrected chi connectivity index (χ4v) is 1.79. The maximum Gasteiger partial charge on any atom is 0.142 e. The van der Waals surface area contributed by atoms with Crippen LogP contribution in [0.15, 0.2) is 18.6 Å². The zero-order chi connectivity index (χ0) is 13.1. The second-order valence-electron chi connectivity index (χ2n) is 4.20. The maximum absolute atomic E-state index is 13.3. The Morgan fingerprint density at radius 2 is 2.11 bits per heavy atom. The van der Waals surface area contributed by atoms with Crippen LogP contribution in [-0.2, 0) is 6.54 Å². The molecule has 0 saturated heterocycles. The summed E-state index contributed by atoms with van der Waals surface area (Å²) < 4.78 is 15.2. The minimum absolute atomic E-state index is 0.318. The van der Waals surface area contributed by atoms with Crippen LogP contribution in [0.25, 0.3) is 5.82 Å². The van der Waals surface area contributed by atoms with Gasteiger partial charge in [0, 0.05) is 17.8 Å². The first-order valence-corrected chi connectivity index (χ1v) is 5.99. The molecule has 2 aromatic heterocycles. The molecule has 1 N–H and O–H groups in total. The van der Waals surface area contributed by atoms with E-state index >= 15 is 0 Å². The van der Waals surface area contributed by atoms with Gasteiger partial charge in [-0.15, -0.1) is 0 Å². The Morgan fingerprint density at radius 3 is 2.72 bits per heavy atom. The lowest BCUT2D eigenvalue weighted by molar-refractivity contribution is 0.612. The van der Waals surface area contributed by atoms with E-state index in [9.17, 15) is 4.39 Å². The van der Waals surface area contributed by atoms with Gasteiger partial charge in [0.25, 0.3) is 0 Å². The minimum atomic E-state index is -0.318. The fourth-order valence-electron chi connectivity index (χ4n) is 1.79. The monoisotopic (exact) mass is 248 g/mol. The van der Waals surface area contributed by atoms with Crippen LogP contribution in [0, 0.1) is 19.7 Å². The molecule has 0 radical (unpaired) electrons. The van der Waals surface area contributed by atoms with Gasteiger partial charge in [0.15, 0.2) is 0 Å². The van der Waals surface area contributed by atoms with Crippen molar-refractivity contribution in [3.8, 4) is 5.82 Å². The first kappa shape index (κ1) is 12.7. The SMILES string of the molecule is CCNCc1cc(F)cnc1-n1cnc(C)c1C. The number of hydrogen-bond acceptors (Lipinski definition) is 3. The van der Waals surface area contributed by atoms with Gasteiger partial charge in [0.1, 0.15) is 18.0 Å². The minimum Gasteiger partial charge on any atom is -0.313 e. The summed E-state index contributed by atoms with van der Waals surface area (Å²) in [6, 6.07) is 1.51. The Morgan fingerprint density at radius 1 is 1.33 bits per heavy atom. The van der Waals surface area contributed by atoms with E-state index in [1.165, 1.54) is 12.3 Å². The Kier molecular flexibility index (Phi) is 3.72. The summed E-state index contributed by atoms with van der Waals surface area (Å²) in [7, 11) is 0. The molecular weight excluding hydrogens is 231 g/mol. The van der Waals surface area contributed by atoms with Crippen molar-refractivity contribution >= 4 is 0 Å². The molecule has 0 spiro atoms. The second kappa shape index (κ2) is 5.27. The third-order valence-electron chi connectivity index (χ3n) is 2.95. The predicted molar refractivity (Wildman–Crippen MR) is 68.2 cm³/mol. The van der Waals surface area contributed by atoms with Crippen molar-refractivity contribution in [1.29, 1.82) is 0 Å². The topological polar surface area (TPSA) is 42.7 Å². The number of hydrogen-bond donors (Lipinski definition) is 1. The highest BCUT2D eigenvalue weighted by atomic mass is 19.1. The number of rotatable bonds is 4. The molecule has 2 aromatic rings. The molecule has 18 heavy (non-hydrogen) atoms. The van der Waals surface area contributed by atoms with Gasteiger partial charge in [-0.1, -0.05) is 6.92 Å². The van der Waals surface area contributed by atoms with E-state index in [1.807, 2.05) is 25.3 Å². The quantitative estimate of drug-likeness (QED) is 0.901. The van der Waals surface area contributed by atoms with Gasteiger partial charge in [0.05, 0.1) is 11.9 Å². The third-order valence-corrected chi connectivity index (χ3v) is 2.95. The first-order valence-electron chi connectivity index (χ1n) is 5.99. The molecule has 0 bridgehead atoms. The average Bonchev–Trinajstić information content (AvgIpc) is 2.68. The van der Waals surface area contributed by atoms with Crippen LogP contribution in [0.3, 0.4) is 0 Å². The summed E-state index contributed by atoms with van der Waals surface area (Å²) in [4.78, 5) is 8.43. The van der Waals surface area contributed by atoms with Crippen molar-refractivity contribution in [2.45, 2.75) is 27.3 Å². The van der Waals surface area contributed by atoms with Crippen LogP contribution in [0.4, 0.5) is 4.39 Å². The van der Waals surface area contributed by atoms with Crippen molar-refractivity contribution in [1.82, 2.24) is 19.9 Å². The van der Waals surface area contributed by atoms with Crippen LogP contribution in [0.5, 0.6) is 0 Å². The number of pyridine rings is 1. The Labute approximate surface area is 106 Å². The molecule has 2 heterocycles. The lowest BCUT2D eigenvalue weighted by Crippen LogP contribution is -2.15. The van der Waals surface area contributed by atoms with Crippen molar-refractivity contribution in [2.24, 2.45) is 0 Å². The van der Waals surface area contributed by atoms with Gasteiger partial charge >= 0.3 is 0 Å².